The molecule has 1 aliphatic rings. The topological polar surface area (TPSA) is 131 Å². The van der Waals surface area contributed by atoms with E-state index in [2.05, 4.69) is 10.0 Å². The Morgan fingerprint density at radius 3 is 2.15 bits per heavy atom. The third-order valence-corrected chi connectivity index (χ3v) is 9.81. The lowest BCUT2D eigenvalue weighted by Crippen LogP contribution is -2.35. The monoisotopic (exact) mass is 593 g/mol. The van der Waals surface area contributed by atoms with E-state index in [-0.39, 0.29) is 26.1 Å². The fourth-order valence-corrected chi connectivity index (χ4v) is 6.92. The molecule has 0 saturated carbocycles. The minimum absolute atomic E-state index is 0.0144. The van der Waals surface area contributed by atoms with Crippen LogP contribution in [0.15, 0.2) is 70.5 Å². The molecule has 0 unspecified atom stereocenters. The van der Waals surface area contributed by atoms with Gasteiger partial charge in [-0.05, 0) is 67.4 Å². The van der Waals surface area contributed by atoms with Gasteiger partial charge in [0.05, 0.1) is 40.3 Å². The van der Waals surface area contributed by atoms with Crippen LogP contribution in [0.4, 0.5) is 11.4 Å². The number of halogens is 1. The first-order chi connectivity index (χ1) is 18.5. The average Bonchev–Trinajstić information content (AvgIpc) is 2.93. The smallest absolute Gasteiger partial charge is 0.262 e. The standard InChI is InChI=1S/C26H28ClN3O7S2/c1-36-19-8-13-25(37-2)24(16-19)29-38(32,33)20-9-6-18(7-10-20)28-26(31)22-17-21(11-12-23(22)27)39(34,35)30-14-4-3-5-15-30/h6-13,16-17,29H,3-5,14-15H2,1-2H3,(H,28,31). The van der Waals surface area contributed by atoms with E-state index in [4.69, 9.17) is 21.1 Å². The molecule has 0 atom stereocenters. The number of methoxy groups -OCH3 is 2. The number of rotatable bonds is 9. The molecule has 0 aliphatic carbocycles. The van der Waals surface area contributed by atoms with Crippen LogP contribution in [0.25, 0.3) is 0 Å². The van der Waals surface area contributed by atoms with Crippen LogP contribution in [0.5, 0.6) is 11.5 Å². The van der Waals surface area contributed by atoms with Crippen LogP contribution in [-0.2, 0) is 20.0 Å². The van der Waals surface area contributed by atoms with Crippen LogP contribution in [0.2, 0.25) is 5.02 Å². The molecule has 1 saturated heterocycles. The highest BCUT2D eigenvalue weighted by atomic mass is 35.5. The summed E-state index contributed by atoms with van der Waals surface area (Å²) < 4.78 is 66.3. The number of amides is 1. The molecule has 208 valence electrons. The summed E-state index contributed by atoms with van der Waals surface area (Å²) in [5, 5.41) is 2.72. The molecule has 0 spiro atoms. The summed E-state index contributed by atoms with van der Waals surface area (Å²) >= 11 is 6.23. The fraction of sp³-hybridized carbons (Fsp3) is 0.269. The summed E-state index contributed by atoms with van der Waals surface area (Å²) in [7, 11) is -4.88. The Balaban J connectivity index is 1.51. The molecule has 1 fully saturated rings. The molecule has 13 heteroatoms. The molecule has 2 N–H and O–H groups in total. The lowest BCUT2D eigenvalue weighted by Gasteiger charge is -2.26. The highest BCUT2D eigenvalue weighted by molar-refractivity contribution is 7.92. The molecular formula is C26H28ClN3O7S2. The van der Waals surface area contributed by atoms with E-state index in [0.717, 1.165) is 19.3 Å². The van der Waals surface area contributed by atoms with Gasteiger partial charge in [0.25, 0.3) is 15.9 Å². The van der Waals surface area contributed by atoms with E-state index in [1.165, 1.54) is 67.1 Å². The largest absolute Gasteiger partial charge is 0.497 e. The third kappa shape index (κ3) is 6.47. The predicted molar refractivity (Wildman–Crippen MR) is 149 cm³/mol. The fourth-order valence-electron chi connectivity index (χ4n) is 4.11. The first kappa shape index (κ1) is 28.7. The van der Waals surface area contributed by atoms with Crippen molar-refractivity contribution in [1.82, 2.24) is 4.31 Å². The number of hydrogen-bond donors (Lipinski definition) is 2. The second kappa shape index (κ2) is 11.8. The summed E-state index contributed by atoms with van der Waals surface area (Å²) in [6, 6.07) is 14.2. The van der Waals surface area contributed by atoms with E-state index in [9.17, 15) is 21.6 Å². The number of piperidine rings is 1. The van der Waals surface area contributed by atoms with Crippen molar-refractivity contribution in [3.63, 3.8) is 0 Å². The van der Waals surface area contributed by atoms with Gasteiger partial charge in [-0.25, -0.2) is 16.8 Å². The van der Waals surface area contributed by atoms with Crippen LogP contribution >= 0.6 is 11.6 Å². The molecule has 39 heavy (non-hydrogen) atoms. The van der Waals surface area contributed by atoms with Crippen LogP contribution in [0.3, 0.4) is 0 Å². The predicted octanol–water partition coefficient (Wildman–Crippen LogP) is 4.58. The van der Waals surface area contributed by atoms with Crippen LogP contribution in [-0.4, -0.2) is 54.4 Å². The minimum atomic E-state index is -4.00. The molecule has 10 nitrogen and oxygen atoms in total. The Morgan fingerprint density at radius 1 is 0.846 bits per heavy atom. The van der Waals surface area contributed by atoms with Crippen LogP contribution in [0.1, 0.15) is 29.6 Å². The summed E-state index contributed by atoms with van der Waals surface area (Å²) in [6.07, 6.45) is 2.55. The van der Waals surface area contributed by atoms with Gasteiger partial charge in [0.1, 0.15) is 11.5 Å². The van der Waals surface area contributed by atoms with Gasteiger partial charge in [-0.1, -0.05) is 18.0 Å². The highest BCUT2D eigenvalue weighted by Crippen LogP contribution is 2.31. The normalized spacial score (nSPS) is 14.4. The molecular weight excluding hydrogens is 566 g/mol. The van der Waals surface area contributed by atoms with E-state index in [0.29, 0.717) is 30.3 Å². The number of benzene rings is 3. The maximum Gasteiger partial charge on any atom is 0.262 e. The number of nitrogens with one attached hydrogen (secondary N) is 2. The highest BCUT2D eigenvalue weighted by Gasteiger charge is 2.27. The molecule has 1 amide bonds. The Morgan fingerprint density at radius 2 is 1.51 bits per heavy atom. The van der Waals surface area contributed by atoms with E-state index in [1.807, 2.05) is 0 Å². The second-order valence-electron chi connectivity index (χ2n) is 8.76. The lowest BCUT2D eigenvalue weighted by atomic mass is 10.2. The molecule has 0 radical (unpaired) electrons. The van der Waals surface area contributed by atoms with Crippen molar-refractivity contribution in [2.75, 3.05) is 37.3 Å². The van der Waals surface area contributed by atoms with Crippen LogP contribution in [0, 0.1) is 0 Å². The molecule has 0 aromatic heterocycles. The first-order valence-electron chi connectivity index (χ1n) is 12.0. The zero-order chi connectivity index (χ0) is 28.2. The van der Waals surface area contributed by atoms with Crippen molar-refractivity contribution in [3.8, 4) is 11.5 Å². The SMILES string of the molecule is COc1ccc(OC)c(NS(=O)(=O)c2ccc(NC(=O)c3cc(S(=O)(=O)N4CCCCC4)ccc3Cl)cc2)c1. The van der Waals surface area contributed by atoms with Crippen molar-refractivity contribution in [1.29, 1.82) is 0 Å². The summed E-state index contributed by atoms with van der Waals surface area (Å²) in [5.74, 6) is 0.119. The first-order valence-corrected chi connectivity index (χ1v) is 15.3. The van der Waals surface area contributed by atoms with Crippen molar-refractivity contribution < 1.29 is 31.1 Å². The van der Waals surface area contributed by atoms with Crippen molar-refractivity contribution in [2.45, 2.75) is 29.1 Å². The number of anilines is 2. The number of ether oxygens (including phenoxy) is 2. The van der Waals surface area contributed by atoms with Gasteiger partial charge in [-0.2, -0.15) is 4.31 Å². The average molecular weight is 594 g/mol. The molecule has 1 heterocycles. The molecule has 3 aromatic rings. The van der Waals surface area contributed by atoms with Gasteiger partial charge in [-0.3, -0.25) is 9.52 Å². The summed E-state index contributed by atoms with van der Waals surface area (Å²) in [4.78, 5) is 12.9. The van der Waals surface area contributed by atoms with Crippen molar-refractivity contribution in [2.24, 2.45) is 0 Å². The van der Waals surface area contributed by atoms with Gasteiger partial charge >= 0.3 is 0 Å². The quantitative estimate of drug-likeness (QED) is 0.371. The molecule has 4 rings (SSSR count). The zero-order valence-electron chi connectivity index (χ0n) is 21.3. The number of carbonyl (C=O) groups excluding carboxylic acids is 1. The Labute approximate surface area is 233 Å². The van der Waals surface area contributed by atoms with Gasteiger partial charge in [-0.15, -0.1) is 0 Å². The Hall–Kier alpha value is -3.32. The van der Waals surface area contributed by atoms with Crippen molar-refractivity contribution in [3.05, 3.63) is 71.2 Å². The lowest BCUT2D eigenvalue weighted by molar-refractivity contribution is 0.102. The molecule has 0 bridgehead atoms. The van der Waals surface area contributed by atoms with E-state index in [1.54, 1.807) is 12.1 Å². The molecule has 1 aliphatic heterocycles. The van der Waals surface area contributed by atoms with Crippen molar-refractivity contribution >= 4 is 48.9 Å². The zero-order valence-corrected chi connectivity index (χ0v) is 23.7. The minimum Gasteiger partial charge on any atom is -0.497 e. The van der Waals surface area contributed by atoms with E-state index < -0.39 is 26.0 Å². The Bertz CT molecular complexity index is 1570. The van der Waals surface area contributed by atoms with Gasteiger partial charge in [0, 0.05) is 24.8 Å². The molecule has 3 aromatic carbocycles. The number of hydrogen-bond acceptors (Lipinski definition) is 7. The second-order valence-corrected chi connectivity index (χ2v) is 12.8. The van der Waals surface area contributed by atoms with Gasteiger partial charge in [0.2, 0.25) is 10.0 Å². The number of nitrogens with zero attached hydrogens (tertiary/aromatic N) is 1. The van der Waals surface area contributed by atoms with E-state index >= 15 is 0 Å². The maximum atomic E-state index is 13.0. The number of carbonyl (C=O) groups is 1. The summed E-state index contributed by atoms with van der Waals surface area (Å²) in [6.45, 7) is 0.863. The van der Waals surface area contributed by atoms with Crippen LogP contribution < -0.4 is 19.5 Å². The number of sulfonamides is 2. The Kier molecular flexibility index (Phi) is 8.70. The summed E-state index contributed by atoms with van der Waals surface area (Å²) in [5.41, 5.74) is 0.472. The van der Waals surface area contributed by atoms with Gasteiger partial charge in [0.15, 0.2) is 0 Å². The maximum absolute atomic E-state index is 13.0. The third-order valence-electron chi connectivity index (χ3n) is 6.21. The van der Waals surface area contributed by atoms with Gasteiger partial charge < -0.3 is 14.8 Å².